The second-order valence-corrected chi connectivity index (χ2v) is 7.92. The largest absolute Gasteiger partial charge is 0.497 e. The second kappa shape index (κ2) is 8.82. The summed E-state index contributed by atoms with van der Waals surface area (Å²) in [5.74, 6) is 0.712. The van der Waals surface area contributed by atoms with Crippen LogP contribution in [0.3, 0.4) is 0 Å². The topological polar surface area (TPSA) is 40.5 Å². The number of ether oxygens (including phenoxy) is 2. The van der Waals surface area contributed by atoms with Gasteiger partial charge in [0.1, 0.15) is 5.75 Å². The first-order chi connectivity index (χ1) is 13.4. The SMILES string of the molecule is CCOC(=O)CC(C)c1c(C)n(Cc2ccc(Br)cc2)c2ccc(OC)cc12. The van der Waals surface area contributed by atoms with Crippen molar-refractivity contribution in [1.29, 1.82) is 0 Å². The number of hydrogen-bond donors (Lipinski definition) is 0. The molecule has 0 amide bonds. The molecule has 0 aliphatic carbocycles. The third-order valence-electron chi connectivity index (χ3n) is 5.10. The molecule has 0 N–H and O–H groups in total. The van der Waals surface area contributed by atoms with Crippen LogP contribution in [0.4, 0.5) is 0 Å². The molecule has 1 aromatic heterocycles. The van der Waals surface area contributed by atoms with Gasteiger partial charge >= 0.3 is 5.97 Å². The summed E-state index contributed by atoms with van der Waals surface area (Å²) in [6, 6.07) is 14.5. The maximum atomic E-state index is 12.1. The smallest absolute Gasteiger partial charge is 0.306 e. The number of methoxy groups -OCH3 is 1. The first kappa shape index (κ1) is 20.5. The molecule has 1 heterocycles. The van der Waals surface area contributed by atoms with E-state index in [1.54, 1.807) is 7.11 Å². The van der Waals surface area contributed by atoms with Crippen molar-refractivity contribution in [3.63, 3.8) is 0 Å². The predicted molar refractivity (Wildman–Crippen MR) is 116 cm³/mol. The normalized spacial score (nSPS) is 12.2. The van der Waals surface area contributed by atoms with E-state index >= 15 is 0 Å². The van der Waals surface area contributed by atoms with Gasteiger partial charge in [0, 0.05) is 27.6 Å². The summed E-state index contributed by atoms with van der Waals surface area (Å²) in [4.78, 5) is 12.1. The molecule has 3 rings (SSSR count). The maximum Gasteiger partial charge on any atom is 0.306 e. The van der Waals surface area contributed by atoms with Crippen LogP contribution in [0.5, 0.6) is 5.75 Å². The lowest BCUT2D eigenvalue weighted by molar-refractivity contribution is -0.143. The Morgan fingerprint density at radius 2 is 1.89 bits per heavy atom. The number of esters is 1. The van der Waals surface area contributed by atoms with Crippen molar-refractivity contribution in [2.24, 2.45) is 0 Å². The van der Waals surface area contributed by atoms with E-state index in [0.717, 1.165) is 27.7 Å². The monoisotopic (exact) mass is 443 g/mol. The Morgan fingerprint density at radius 3 is 2.54 bits per heavy atom. The Bertz CT molecular complexity index is 976. The van der Waals surface area contributed by atoms with E-state index in [1.165, 1.54) is 16.8 Å². The van der Waals surface area contributed by atoms with Crippen molar-refractivity contribution in [3.05, 3.63) is 63.8 Å². The number of aromatic nitrogens is 1. The van der Waals surface area contributed by atoms with E-state index in [4.69, 9.17) is 9.47 Å². The molecule has 0 bridgehead atoms. The first-order valence-corrected chi connectivity index (χ1v) is 10.3. The molecule has 148 valence electrons. The average molecular weight is 444 g/mol. The van der Waals surface area contributed by atoms with Crippen LogP contribution in [0.1, 0.15) is 43.0 Å². The zero-order chi connectivity index (χ0) is 20.3. The van der Waals surface area contributed by atoms with Crippen molar-refractivity contribution in [3.8, 4) is 5.75 Å². The highest BCUT2D eigenvalue weighted by Gasteiger charge is 2.22. The van der Waals surface area contributed by atoms with Gasteiger partial charge in [0.25, 0.3) is 0 Å². The van der Waals surface area contributed by atoms with Crippen LogP contribution in [0.2, 0.25) is 0 Å². The van der Waals surface area contributed by atoms with Gasteiger partial charge in [-0.05, 0) is 61.2 Å². The summed E-state index contributed by atoms with van der Waals surface area (Å²) in [5.41, 5.74) is 4.72. The van der Waals surface area contributed by atoms with Gasteiger partial charge in [0.2, 0.25) is 0 Å². The Hall–Kier alpha value is -2.27. The Morgan fingerprint density at radius 1 is 1.18 bits per heavy atom. The molecule has 0 spiro atoms. The van der Waals surface area contributed by atoms with Gasteiger partial charge in [-0.2, -0.15) is 0 Å². The Kier molecular flexibility index (Phi) is 6.45. The van der Waals surface area contributed by atoms with Crippen molar-refractivity contribution in [1.82, 2.24) is 4.57 Å². The molecule has 1 atom stereocenters. The van der Waals surface area contributed by atoms with Gasteiger partial charge in [0.15, 0.2) is 0 Å². The molecule has 0 fully saturated rings. The molecule has 0 aliphatic rings. The third kappa shape index (κ3) is 4.25. The van der Waals surface area contributed by atoms with Crippen LogP contribution >= 0.6 is 15.9 Å². The quantitative estimate of drug-likeness (QED) is 0.431. The van der Waals surface area contributed by atoms with E-state index in [0.29, 0.717) is 13.0 Å². The van der Waals surface area contributed by atoms with Gasteiger partial charge in [0.05, 0.1) is 20.1 Å². The van der Waals surface area contributed by atoms with E-state index in [1.807, 2.05) is 13.0 Å². The van der Waals surface area contributed by atoms with Crippen LogP contribution in [0.15, 0.2) is 46.9 Å². The van der Waals surface area contributed by atoms with Crippen molar-refractivity contribution in [2.75, 3.05) is 13.7 Å². The number of nitrogens with zero attached hydrogens (tertiary/aromatic N) is 1. The van der Waals surface area contributed by atoms with Gasteiger partial charge in [-0.15, -0.1) is 0 Å². The fourth-order valence-corrected chi connectivity index (χ4v) is 4.05. The third-order valence-corrected chi connectivity index (χ3v) is 5.63. The highest BCUT2D eigenvalue weighted by Crippen LogP contribution is 2.36. The van der Waals surface area contributed by atoms with E-state index in [2.05, 4.69) is 70.7 Å². The van der Waals surface area contributed by atoms with Gasteiger partial charge in [-0.3, -0.25) is 4.79 Å². The minimum absolute atomic E-state index is 0.0554. The average Bonchev–Trinajstić information content (AvgIpc) is 2.94. The van der Waals surface area contributed by atoms with Gasteiger partial charge in [-0.25, -0.2) is 0 Å². The lowest BCUT2D eigenvalue weighted by Gasteiger charge is -2.13. The minimum Gasteiger partial charge on any atom is -0.497 e. The zero-order valence-corrected chi connectivity index (χ0v) is 18.4. The zero-order valence-electron chi connectivity index (χ0n) is 16.8. The van der Waals surface area contributed by atoms with Gasteiger partial charge < -0.3 is 14.0 Å². The minimum atomic E-state index is -0.161. The Balaban J connectivity index is 2.07. The lowest BCUT2D eigenvalue weighted by Crippen LogP contribution is -2.09. The fraction of sp³-hybridized carbons (Fsp3) is 0.348. The van der Waals surface area contributed by atoms with E-state index < -0.39 is 0 Å². The summed E-state index contributed by atoms with van der Waals surface area (Å²) in [7, 11) is 1.68. The Labute approximate surface area is 174 Å². The molecule has 2 aromatic carbocycles. The number of carbonyl (C=O) groups excluding carboxylic acids is 1. The number of hydrogen-bond acceptors (Lipinski definition) is 3. The van der Waals surface area contributed by atoms with Crippen LogP contribution in [0, 0.1) is 6.92 Å². The molecule has 1 unspecified atom stereocenters. The second-order valence-electron chi connectivity index (χ2n) is 7.00. The number of carbonyl (C=O) groups is 1. The predicted octanol–water partition coefficient (Wildman–Crippen LogP) is 5.83. The molecule has 28 heavy (non-hydrogen) atoms. The summed E-state index contributed by atoms with van der Waals surface area (Å²) >= 11 is 3.50. The fourth-order valence-electron chi connectivity index (χ4n) is 3.78. The van der Waals surface area contributed by atoms with E-state index in [-0.39, 0.29) is 11.9 Å². The molecular weight excluding hydrogens is 418 g/mol. The number of benzene rings is 2. The standard InChI is InChI=1S/C23H26BrNO3/c1-5-28-22(26)12-15(2)23-16(3)25(14-17-6-8-18(24)9-7-17)21-11-10-19(27-4)13-20(21)23/h6-11,13,15H,5,12,14H2,1-4H3. The molecule has 0 saturated heterocycles. The van der Waals surface area contributed by atoms with Crippen molar-refractivity contribution < 1.29 is 14.3 Å². The van der Waals surface area contributed by atoms with Crippen molar-refractivity contribution >= 4 is 32.8 Å². The highest BCUT2D eigenvalue weighted by molar-refractivity contribution is 9.10. The summed E-state index contributed by atoms with van der Waals surface area (Å²) in [5, 5.41) is 1.13. The summed E-state index contributed by atoms with van der Waals surface area (Å²) in [6.45, 7) is 7.23. The van der Waals surface area contributed by atoms with Gasteiger partial charge in [-0.1, -0.05) is 35.0 Å². The highest BCUT2D eigenvalue weighted by atomic mass is 79.9. The molecule has 0 radical (unpaired) electrons. The molecular formula is C23H26BrNO3. The first-order valence-electron chi connectivity index (χ1n) is 9.51. The van der Waals surface area contributed by atoms with E-state index in [9.17, 15) is 4.79 Å². The maximum absolute atomic E-state index is 12.1. The summed E-state index contributed by atoms with van der Waals surface area (Å²) < 4.78 is 14.0. The molecule has 0 aliphatic heterocycles. The van der Waals surface area contributed by atoms with Crippen LogP contribution in [-0.4, -0.2) is 24.3 Å². The molecule has 0 saturated carbocycles. The van der Waals surface area contributed by atoms with Crippen LogP contribution in [0.25, 0.3) is 10.9 Å². The number of rotatable bonds is 7. The number of halogens is 1. The van der Waals surface area contributed by atoms with Crippen LogP contribution < -0.4 is 4.74 Å². The van der Waals surface area contributed by atoms with Crippen LogP contribution in [-0.2, 0) is 16.1 Å². The summed E-state index contributed by atoms with van der Waals surface area (Å²) in [6.07, 6.45) is 0.364. The molecule has 5 heteroatoms. The molecule has 3 aromatic rings. The van der Waals surface area contributed by atoms with Crippen molar-refractivity contribution in [2.45, 2.75) is 39.7 Å². The molecule has 4 nitrogen and oxygen atoms in total. The lowest BCUT2D eigenvalue weighted by atomic mass is 9.95. The number of fused-ring (bicyclic) bond motifs is 1.